The van der Waals surface area contributed by atoms with Crippen molar-refractivity contribution in [1.82, 2.24) is 49.5 Å². The molecule has 0 spiro atoms. The van der Waals surface area contributed by atoms with Gasteiger partial charge in [0, 0.05) is 88.4 Å². The lowest BCUT2D eigenvalue weighted by Gasteiger charge is -2.40. The minimum atomic E-state index is -1.18. The van der Waals surface area contributed by atoms with Gasteiger partial charge in [0.05, 0.1) is 29.1 Å². The maximum absolute atomic E-state index is 12.8. The third kappa shape index (κ3) is 22.1. The van der Waals surface area contributed by atoms with E-state index in [1.54, 1.807) is 40.2 Å². The fraction of sp³-hybridized carbons (Fsp3) is 0.629. The third-order valence-corrected chi connectivity index (χ3v) is 20.3. The van der Waals surface area contributed by atoms with Crippen LogP contribution in [0.5, 0.6) is 23.8 Å². The van der Waals surface area contributed by atoms with Crippen LogP contribution in [-0.4, -0.2) is 146 Å². The fourth-order valence-electron chi connectivity index (χ4n) is 9.85. The molecule has 3 aliphatic rings. The zero-order valence-electron chi connectivity index (χ0n) is 61.2. The summed E-state index contributed by atoms with van der Waals surface area (Å²) in [6, 6.07) is 14.2. The van der Waals surface area contributed by atoms with Crippen molar-refractivity contribution in [2.75, 3.05) is 26.4 Å². The Kier molecular flexibility index (Phi) is 25.4. The standard InChI is InChI=1S/C32H47N5O5Si.C22H34BNO5.C16H25ClN4O2Si/c1-22(2)41-30-35-28(36-37(30)21-39-15-16-43(7,8)9)24-11-12-26(33-18-24)25-19-34-27(17-23(25)3)40-20-32(13-10-14-32)29(38)42-31(4,5)6;1-15-12-17(24-13-16(15)23-28-20(5,6)21(7,8)29-23)26-14-22(10-9-11-22)18(25)27-19(2,3)4;1-12(2)23-16-19-15(13-6-7-14(17)18-10-13)20-21(16)11-22-8-9-24(3,4)5/h11-12,17-19,22H,10,13-16,20-21H2,1-9H3;12-13H,9-11,14H2,1-8H3;6-7,10,12H,8-9,11H2,1-5H3. The molecule has 1 aliphatic heterocycles. The maximum Gasteiger partial charge on any atom is 0.496 e. The van der Waals surface area contributed by atoms with Gasteiger partial charge in [-0.15, -0.1) is 10.2 Å². The highest BCUT2D eigenvalue weighted by atomic mass is 35.5. The minimum absolute atomic E-state index is 0.00567. The highest BCUT2D eigenvalue weighted by Gasteiger charge is 2.53. The summed E-state index contributed by atoms with van der Waals surface area (Å²) >= 11 is 5.83. The monoisotopic (exact) mass is 1380 g/mol. The average molecular weight is 1380 g/mol. The van der Waals surface area contributed by atoms with Crippen molar-refractivity contribution in [3.8, 4) is 57.8 Å². The van der Waals surface area contributed by atoms with E-state index in [9.17, 15) is 9.59 Å². The fourth-order valence-corrected chi connectivity index (χ4v) is 11.5. The zero-order chi connectivity index (χ0) is 70.8. The van der Waals surface area contributed by atoms with E-state index in [4.69, 9.17) is 58.8 Å². The van der Waals surface area contributed by atoms with Gasteiger partial charge in [0.1, 0.15) is 53.9 Å². The van der Waals surface area contributed by atoms with Gasteiger partial charge in [-0.1, -0.05) is 63.7 Å². The van der Waals surface area contributed by atoms with Crippen LogP contribution in [0, 0.1) is 24.7 Å². The number of hydrogen-bond donors (Lipinski definition) is 0. The van der Waals surface area contributed by atoms with Crippen LogP contribution >= 0.6 is 11.6 Å². The van der Waals surface area contributed by atoms with Crippen LogP contribution in [0.25, 0.3) is 34.0 Å². The topological polar surface area (TPSA) is 239 Å². The second kappa shape index (κ2) is 31.7. The molecular weight excluding hydrogens is 1280 g/mol. The third-order valence-electron chi connectivity index (χ3n) is 16.7. The molecular formula is C70H106BClN10O12Si2. The number of hydrogen-bond acceptors (Lipinski definition) is 20. The predicted molar refractivity (Wildman–Crippen MR) is 379 cm³/mol. The van der Waals surface area contributed by atoms with E-state index in [0.717, 1.165) is 89.6 Å². The molecule has 2 saturated carbocycles. The van der Waals surface area contributed by atoms with E-state index >= 15 is 0 Å². The summed E-state index contributed by atoms with van der Waals surface area (Å²) in [4.78, 5) is 52.3. The van der Waals surface area contributed by atoms with Crippen LogP contribution in [0.1, 0.15) is 147 Å². The summed E-state index contributed by atoms with van der Waals surface area (Å²) in [7, 11) is -2.75. The van der Waals surface area contributed by atoms with Crippen molar-refractivity contribution in [3.63, 3.8) is 0 Å². The summed E-state index contributed by atoms with van der Waals surface area (Å²) in [6.07, 6.45) is 12.0. The first kappa shape index (κ1) is 77.0. The Morgan fingerprint density at radius 1 is 0.604 bits per heavy atom. The van der Waals surface area contributed by atoms with Crippen molar-refractivity contribution >= 4 is 52.3 Å². The Bertz CT molecular complexity index is 3520. The molecule has 0 amide bonds. The highest BCUT2D eigenvalue weighted by Crippen LogP contribution is 2.45. The number of aromatic nitrogens is 10. The second-order valence-electron chi connectivity index (χ2n) is 31.4. The molecule has 9 rings (SSSR count). The molecule has 0 atom stereocenters. The lowest BCUT2D eigenvalue weighted by Crippen LogP contribution is -2.46. The number of carbonyl (C=O) groups is 2. The number of aryl methyl sites for hydroxylation is 2. The number of carbonyl (C=O) groups excluding carboxylic acids is 2. The summed E-state index contributed by atoms with van der Waals surface area (Å²) < 4.78 is 62.1. The predicted octanol–water partition coefficient (Wildman–Crippen LogP) is 14.4. The Morgan fingerprint density at radius 3 is 1.39 bits per heavy atom. The van der Waals surface area contributed by atoms with Gasteiger partial charge in [-0.2, -0.15) is 19.3 Å². The van der Waals surface area contributed by atoms with Crippen molar-refractivity contribution in [2.45, 2.75) is 249 Å². The van der Waals surface area contributed by atoms with E-state index in [1.165, 1.54) is 0 Å². The van der Waals surface area contributed by atoms with E-state index in [1.807, 2.05) is 141 Å². The smallest absolute Gasteiger partial charge is 0.476 e. The molecule has 1 saturated heterocycles. The first-order chi connectivity index (χ1) is 44.6. The van der Waals surface area contributed by atoms with Crippen molar-refractivity contribution < 1.29 is 56.8 Å². The molecule has 0 radical (unpaired) electrons. The molecule has 96 heavy (non-hydrogen) atoms. The number of nitrogens with zero attached hydrogens (tertiary/aromatic N) is 10. The largest absolute Gasteiger partial charge is 0.496 e. The number of ether oxygens (including phenoxy) is 8. The van der Waals surface area contributed by atoms with Crippen LogP contribution in [0.4, 0.5) is 0 Å². The van der Waals surface area contributed by atoms with Crippen LogP contribution in [0.3, 0.4) is 0 Å². The zero-order valence-corrected chi connectivity index (χ0v) is 63.9. The van der Waals surface area contributed by atoms with Gasteiger partial charge in [-0.25, -0.2) is 15.0 Å². The molecule has 6 aromatic rings. The first-order valence-corrected chi connectivity index (χ1v) is 41.4. The SMILES string of the molecule is CC(C)Oc1nc(-c2ccc(Cl)nc2)nn1COCC[Si](C)(C)C.Cc1cc(OCC2(C(=O)OC(C)(C)C)CCC2)ncc1-c1ccc(-c2nc(OC(C)C)n(COCC[Si](C)(C)C)n2)cn1.Cc1cc(OCC2(C(=O)OC(C)(C)C)CCC2)ncc1B1OC(C)(C)C(C)(C)O1. The number of esters is 2. The Labute approximate surface area is 576 Å². The lowest BCUT2D eigenvalue weighted by molar-refractivity contribution is -0.177. The molecule has 0 aromatic carbocycles. The molecule has 2 aliphatic carbocycles. The second-order valence-corrected chi connectivity index (χ2v) is 43.0. The van der Waals surface area contributed by atoms with Crippen LogP contribution in [0.2, 0.25) is 56.5 Å². The van der Waals surface area contributed by atoms with Gasteiger partial charge >= 0.3 is 31.1 Å². The van der Waals surface area contributed by atoms with E-state index in [-0.39, 0.29) is 44.1 Å². The maximum atomic E-state index is 12.8. The van der Waals surface area contributed by atoms with E-state index in [0.29, 0.717) is 60.5 Å². The molecule has 526 valence electrons. The van der Waals surface area contributed by atoms with Gasteiger partial charge in [-0.05, 0) is 184 Å². The van der Waals surface area contributed by atoms with Crippen LogP contribution in [0.15, 0.2) is 61.2 Å². The molecule has 0 N–H and O–H groups in total. The molecule has 3 fully saturated rings. The van der Waals surface area contributed by atoms with Gasteiger partial charge in [0.2, 0.25) is 11.8 Å². The Morgan fingerprint density at radius 2 is 1.03 bits per heavy atom. The van der Waals surface area contributed by atoms with Crippen molar-refractivity contribution in [2.24, 2.45) is 10.8 Å². The van der Waals surface area contributed by atoms with E-state index < -0.39 is 56.5 Å². The molecule has 0 unspecified atom stereocenters. The van der Waals surface area contributed by atoms with Crippen molar-refractivity contribution in [3.05, 3.63) is 77.5 Å². The summed E-state index contributed by atoms with van der Waals surface area (Å²) in [5.41, 5.74) is 3.08. The van der Waals surface area contributed by atoms with Gasteiger partial charge in [-0.3, -0.25) is 14.6 Å². The summed E-state index contributed by atoms with van der Waals surface area (Å²) in [5.74, 6) is 1.67. The molecule has 6 aromatic heterocycles. The number of halogens is 1. The Balaban J connectivity index is 0.000000214. The van der Waals surface area contributed by atoms with Crippen LogP contribution < -0.4 is 24.4 Å². The first-order valence-electron chi connectivity index (χ1n) is 33.6. The molecule has 26 heteroatoms. The Hall–Kier alpha value is -6.35. The quantitative estimate of drug-likeness (QED) is 0.0212. The normalized spacial score (nSPS) is 16.3. The minimum Gasteiger partial charge on any atom is -0.476 e. The molecule has 22 nitrogen and oxygen atoms in total. The van der Waals surface area contributed by atoms with Gasteiger partial charge < -0.3 is 47.2 Å². The number of rotatable bonds is 26. The molecule has 7 heterocycles. The van der Waals surface area contributed by atoms with Crippen LogP contribution in [-0.2, 0) is 51.3 Å². The number of pyridine rings is 4. The highest BCUT2D eigenvalue weighted by molar-refractivity contribution is 6.76. The summed E-state index contributed by atoms with van der Waals surface area (Å²) in [5, 5.41) is 9.57. The van der Waals surface area contributed by atoms with Crippen molar-refractivity contribution in [1.29, 1.82) is 0 Å². The van der Waals surface area contributed by atoms with Gasteiger partial charge in [0.25, 0.3) is 0 Å². The lowest BCUT2D eigenvalue weighted by atomic mass is 9.69. The summed E-state index contributed by atoms with van der Waals surface area (Å²) in [6.45, 7) is 47.7. The molecule has 0 bridgehead atoms. The van der Waals surface area contributed by atoms with Gasteiger partial charge in [0.15, 0.2) is 11.6 Å². The average Bonchev–Trinajstić information content (AvgIpc) is 1.46. The van der Waals surface area contributed by atoms with E-state index in [2.05, 4.69) is 79.4 Å².